The van der Waals surface area contributed by atoms with Crippen LogP contribution in [-0.4, -0.2) is 20.2 Å². The summed E-state index contributed by atoms with van der Waals surface area (Å²) < 4.78 is 5.69. The minimum absolute atomic E-state index is 0.561. The van der Waals surface area contributed by atoms with E-state index < -0.39 is 0 Å². The van der Waals surface area contributed by atoms with Gasteiger partial charge in [-0.3, -0.25) is 0 Å². The molecule has 1 aliphatic heterocycles. The zero-order valence-corrected chi connectivity index (χ0v) is 12.8. The number of methoxy groups -OCH3 is 1. The first-order valence-corrected chi connectivity index (χ1v) is 7.50. The number of hydrogen-bond acceptors (Lipinski definition) is 2. The Morgan fingerprint density at radius 3 is 2.53 bits per heavy atom. The largest absolute Gasteiger partial charge is 0.496 e. The average Bonchev–Trinajstić information content (AvgIpc) is 2.40. The molecule has 0 unspecified atom stereocenters. The van der Waals surface area contributed by atoms with E-state index in [4.69, 9.17) is 4.74 Å². The molecule has 0 atom stereocenters. The van der Waals surface area contributed by atoms with E-state index in [0.717, 1.165) is 24.8 Å². The van der Waals surface area contributed by atoms with Gasteiger partial charge in [0.1, 0.15) is 5.75 Å². The lowest BCUT2D eigenvalue weighted by molar-refractivity contribution is 0.359. The van der Waals surface area contributed by atoms with E-state index >= 15 is 0 Å². The summed E-state index contributed by atoms with van der Waals surface area (Å²) in [6.07, 6.45) is 3.74. The molecule has 1 saturated heterocycles. The lowest BCUT2D eigenvalue weighted by atomic mass is 9.85. The van der Waals surface area contributed by atoms with Gasteiger partial charge in [-0.05, 0) is 67.8 Å². The van der Waals surface area contributed by atoms with Gasteiger partial charge in [0, 0.05) is 0 Å². The molecular formula is C17H27NO. The molecule has 19 heavy (non-hydrogen) atoms. The number of aryl methyl sites for hydroxylation is 1. The standard InChI is InChI=1S/C17H27NO/c1-12(2)15-6-5-13(3)17(19-4)16(15)11-14-7-9-18-10-8-14/h5-6,12,14,18H,7-11H2,1-4H3. The molecule has 0 saturated carbocycles. The van der Waals surface area contributed by atoms with E-state index in [2.05, 4.69) is 38.2 Å². The van der Waals surface area contributed by atoms with Crippen molar-refractivity contribution < 1.29 is 4.74 Å². The average molecular weight is 261 g/mol. The Balaban J connectivity index is 2.31. The fraction of sp³-hybridized carbons (Fsp3) is 0.647. The van der Waals surface area contributed by atoms with E-state index in [9.17, 15) is 0 Å². The lowest BCUT2D eigenvalue weighted by Crippen LogP contribution is -2.29. The number of ether oxygens (including phenoxy) is 1. The summed E-state index contributed by atoms with van der Waals surface area (Å²) in [6, 6.07) is 4.49. The molecule has 0 radical (unpaired) electrons. The van der Waals surface area contributed by atoms with Gasteiger partial charge in [0.25, 0.3) is 0 Å². The molecular weight excluding hydrogens is 234 g/mol. The third kappa shape index (κ3) is 3.30. The van der Waals surface area contributed by atoms with Gasteiger partial charge in [0.2, 0.25) is 0 Å². The zero-order valence-electron chi connectivity index (χ0n) is 12.8. The predicted octanol–water partition coefficient (Wildman–Crippen LogP) is 3.67. The van der Waals surface area contributed by atoms with Crippen molar-refractivity contribution in [3.8, 4) is 5.75 Å². The van der Waals surface area contributed by atoms with Crippen LogP contribution >= 0.6 is 0 Å². The topological polar surface area (TPSA) is 21.3 Å². The van der Waals surface area contributed by atoms with Crippen molar-refractivity contribution in [1.29, 1.82) is 0 Å². The summed E-state index contributed by atoms with van der Waals surface area (Å²) in [4.78, 5) is 0. The highest BCUT2D eigenvalue weighted by Crippen LogP contribution is 2.34. The van der Waals surface area contributed by atoms with E-state index in [1.807, 2.05) is 0 Å². The van der Waals surface area contributed by atoms with Crippen LogP contribution in [-0.2, 0) is 6.42 Å². The van der Waals surface area contributed by atoms with Crippen molar-refractivity contribution in [2.75, 3.05) is 20.2 Å². The van der Waals surface area contributed by atoms with Crippen LogP contribution in [0.5, 0.6) is 5.75 Å². The van der Waals surface area contributed by atoms with Crippen LogP contribution in [0.15, 0.2) is 12.1 Å². The highest BCUT2D eigenvalue weighted by molar-refractivity contribution is 5.47. The molecule has 1 aliphatic rings. The number of rotatable bonds is 4. The van der Waals surface area contributed by atoms with Gasteiger partial charge in [0.05, 0.1) is 7.11 Å². The van der Waals surface area contributed by atoms with Crippen LogP contribution in [0, 0.1) is 12.8 Å². The molecule has 1 heterocycles. The summed E-state index contributed by atoms with van der Waals surface area (Å²) in [7, 11) is 1.80. The molecule has 0 aromatic heterocycles. The second kappa shape index (κ2) is 6.42. The summed E-state index contributed by atoms with van der Waals surface area (Å²) in [5.74, 6) is 2.48. The van der Waals surface area contributed by atoms with Gasteiger partial charge in [0.15, 0.2) is 0 Å². The first-order valence-electron chi connectivity index (χ1n) is 7.50. The molecule has 0 spiro atoms. The summed E-state index contributed by atoms with van der Waals surface area (Å²) in [5, 5.41) is 3.45. The number of benzene rings is 1. The minimum Gasteiger partial charge on any atom is -0.496 e. The van der Waals surface area contributed by atoms with Crippen molar-refractivity contribution in [3.05, 3.63) is 28.8 Å². The van der Waals surface area contributed by atoms with Gasteiger partial charge in [-0.1, -0.05) is 26.0 Å². The Morgan fingerprint density at radius 1 is 1.26 bits per heavy atom. The maximum absolute atomic E-state index is 5.69. The molecule has 106 valence electrons. The van der Waals surface area contributed by atoms with E-state index in [1.54, 1.807) is 7.11 Å². The monoisotopic (exact) mass is 261 g/mol. The van der Waals surface area contributed by atoms with Gasteiger partial charge in [-0.2, -0.15) is 0 Å². The first-order chi connectivity index (χ1) is 9.13. The Bertz CT molecular complexity index is 420. The normalized spacial score (nSPS) is 16.9. The molecule has 0 aliphatic carbocycles. The third-order valence-electron chi connectivity index (χ3n) is 4.27. The van der Waals surface area contributed by atoms with Crippen molar-refractivity contribution in [2.45, 2.75) is 46.0 Å². The van der Waals surface area contributed by atoms with Crippen LogP contribution in [0.25, 0.3) is 0 Å². The molecule has 1 fully saturated rings. The molecule has 2 nitrogen and oxygen atoms in total. The van der Waals surface area contributed by atoms with Crippen LogP contribution in [0.2, 0.25) is 0 Å². The molecule has 2 rings (SSSR count). The van der Waals surface area contributed by atoms with Gasteiger partial charge in [-0.25, -0.2) is 0 Å². The van der Waals surface area contributed by atoms with Crippen molar-refractivity contribution in [3.63, 3.8) is 0 Å². The molecule has 1 aromatic rings. The molecule has 0 bridgehead atoms. The highest BCUT2D eigenvalue weighted by Gasteiger charge is 2.20. The number of piperidine rings is 1. The maximum Gasteiger partial charge on any atom is 0.125 e. The summed E-state index contributed by atoms with van der Waals surface area (Å²) >= 11 is 0. The minimum atomic E-state index is 0.561. The van der Waals surface area contributed by atoms with E-state index in [-0.39, 0.29) is 0 Å². The van der Waals surface area contributed by atoms with Crippen LogP contribution in [0.1, 0.15) is 49.3 Å². The van der Waals surface area contributed by atoms with Gasteiger partial charge in [-0.15, -0.1) is 0 Å². The Kier molecular flexibility index (Phi) is 4.87. The van der Waals surface area contributed by atoms with Crippen LogP contribution in [0.4, 0.5) is 0 Å². The van der Waals surface area contributed by atoms with E-state index in [1.165, 1.54) is 36.0 Å². The SMILES string of the molecule is COc1c(C)ccc(C(C)C)c1CC1CCNCC1. The highest BCUT2D eigenvalue weighted by atomic mass is 16.5. The van der Waals surface area contributed by atoms with Crippen molar-refractivity contribution in [1.82, 2.24) is 5.32 Å². The first kappa shape index (κ1) is 14.4. The molecule has 0 amide bonds. The fourth-order valence-electron chi connectivity index (χ4n) is 3.17. The van der Waals surface area contributed by atoms with Crippen molar-refractivity contribution in [2.24, 2.45) is 5.92 Å². The quantitative estimate of drug-likeness (QED) is 0.893. The maximum atomic E-state index is 5.69. The molecule has 1 aromatic carbocycles. The second-order valence-corrected chi connectivity index (χ2v) is 6.04. The summed E-state index contributed by atoms with van der Waals surface area (Å²) in [6.45, 7) is 9.02. The van der Waals surface area contributed by atoms with E-state index in [0.29, 0.717) is 5.92 Å². The molecule has 1 N–H and O–H groups in total. The number of hydrogen-bond donors (Lipinski definition) is 1. The van der Waals surface area contributed by atoms with Gasteiger partial charge >= 0.3 is 0 Å². The van der Waals surface area contributed by atoms with Crippen molar-refractivity contribution >= 4 is 0 Å². The third-order valence-corrected chi connectivity index (χ3v) is 4.27. The Morgan fingerprint density at radius 2 is 1.95 bits per heavy atom. The smallest absolute Gasteiger partial charge is 0.125 e. The Hall–Kier alpha value is -1.02. The van der Waals surface area contributed by atoms with Crippen LogP contribution in [0.3, 0.4) is 0 Å². The molecule has 2 heteroatoms. The van der Waals surface area contributed by atoms with Gasteiger partial charge < -0.3 is 10.1 Å². The Labute approximate surface area is 117 Å². The van der Waals surface area contributed by atoms with Crippen LogP contribution < -0.4 is 10.1 Å². The summed E-state index contributed by atoms with van der Waals surface area (Å²) in [5.41, 5.74) is 4.17. The number of nitrogens with one attached hydrogen (secondary N) is 1. The zero-order chi connectivity index (χ0) is 13.8. The lowest BCUT2D eigenvalue weighted by Gasteiger charge is -2.26. The fourth-order valence-corrected chi connectivity index (χ4v) is 3.17. The second-order valence-electron chi connectivity index (χ2n) is 6.04. The predicted molar refractivity (Wildman–Crippen MR) is 81.1 cm³/mol.